The highest BCUT2D eigenvalue weighted by Gasteiger charge is 2.42. The first-order valence-corrected chi connectivity index (χ1v) is 7.59. The van der Waals surface area contributed by atoms with Crippen LogP contribution in [0.4, 0.5) is 11.8 Å². The van der Waals surface area contributed by atoms with E-state index in [4.69, 9.17) is 35.3 Å². The highest BCUT2D eigenvalue weighted by molar-refractivity contribution is 7.80. The van der Waals surface area contributed by atoms with Gasteiger partial charge in [0.1, 0.15) is 16.0 Å². The summed E-state index contributed by atoms with van der Waals surface area (Å²) < 4.78 is 0. The standard InChI is InChI=1S/C13H20ClN5OS/c1-6-7(5-20)3-4-13(6,2)19-11-8(10(15)21)9(14)17-12(16)18-11/h6-7,20H,3-5H2,1-2H3,(H2,15,21)(H3,16,17,18,19). The largest absolute Gasteiger partial charge is 0.396 e. The molecule has 1 aliphatic carbocycles. The van der Waals surface area contributed by atoms with Crippen LogP contribution >= 0.6 is 23.8 Å². The zero-order valence-corrected chi connectivity index (χ0v) is 13.6. The van der Waals surface area contributed by atoms with Crippen LogP contribution in [0.1, 0.15) is 32.3 Å². The Labute approximate surface area is 134 Å². The number of nitrogens with two attached hydrogens (primary N) is 2. The van der Waals surface area contributed by atoms with Crippen LogP contribution in [0.3, 0.4) is 0 Å². The zero-order valence-electron chi connectivity index (χ0n) is 12.1. The van der Waals surface area contributed by atoms with Gasteiger partial charge in [-0.05, 0) is 31.6 Å². The summed E-state index contributed by atoms with van der Waals surface area (Å²) in [5, 5.41) is 12.9. The number of nitrogens with zero attached hydrogens (tertiary/aromatic N) is 2. The average molecular weight is 330 g/mol. The van der Waals surface area contributed by atoms with Crippen molar-refractivity contribution in [2.75, 3.05) is 17.7 Å². The van der Waals surface area contributed by atoms with Gasteiger partial charge < -0.3 is 21.9 Å². The molecule has 0 aliphatic heterocycles. The summed E-state index contributed by atoms with van der Waals surface area (Å²) >= 11 is 11.1. The second-order valence-corrected chi connectivity index (χ2v) is 6.57. The van der Waals surface area contributed by atoms with Gasteiger partial charge in [-0.15, -0.1) is 0 Å². The van der Waals surface area contributed by atoms with Gasteiger partial charge in [0.25, 0.3) is 0 Å². The van der Waals surface area contributed by atoms with Crippen LogP contribution in [0, 0.1) is 11.8 Å². The number of aliphatic hydroxyl groups excluding tert-OH is 1. The van der Waals surface area contributed by atoms with Crippen molar-refractivity contribution in [2.24, 2.45) is 17.6 Å². The van der Waals surface area contributed by atoms with E-state index >= 15 is 0 Å². The molecule has 3 atom stereocenters. The number of halogens is 1. The first-order valence-electron chi connectivity index (χ1n) is 6.80. The van der Waals surface area contributed by atoms with E-state index in [1.165, 1.54) is 0 Å². The Hall–Kier alpha value is -1.18. The molecule has 1 fully saturated rings. The van der Waals surface area contributed by atoms with Gasteiger partial charge in [0, 0.05) is 12.1 Å². The van der Waals surface area contributed by atoms with Gasteiger partial charge in [-0.3, -0.25) is 0 Å². The van der Waals surface area contributed by atoms with E-state index in [0.29, 0.717) is 11.4 Å². The molecule has 116 valence electrons. The second-order valence-electron chi connectivity index (χ2n) is 5.77. The lowest BCUT2D eigenvalue weighted by molar-refractivity contribution is 0.187. The lowest BCUT2D eigenvalue weighted by atomic mass is 9.86. The fraction of sp³-hybridized carbons (Fsp3) is 0.615. The number of rotatable bonds is 4. The van der Waals surface area contributed by atoms with Crippen molar-refractivity contribution in [3.05, 3.63) is 10.7 Å². The Morgan fingerprint density at radius 2 is 2.24 bits per heavy atom. The van der Waals surface area contributed by atoms with Crippen LogP contribution in [0.2, 0.25) is 5.15 Å². The van der Waals surface area contributed by atoms with E-state index in [-0.39, 0.29) is 40.1 Å². The Kier molecular flexibility index (Phi) is 4.55. The SMILES string of the molecule is CC1C(CO)CCC1(C)Nc1nc(N)nc(Cl)c1C(N)=S. The number of hydrogen-bond acceptors (Lipinski definition) is 6. The molecule has 1 saturated carbocycles. The summed E-state index contributed by atoms with van der Waals surface area (Å²) in [7, 11) is 0. The molecule has 21 heavy (non-hydrogen) atoms. The molecule has 8 heteroatoms. The molecule has 1 aliphatic rings. The van der Waals surface area contributed by atoms with Gasteiger partial charge in [-0.25, -0.2) is 4.98 Å². The molecule has 0 bridgehead atoms. The van der Waals surface area contributed by atoms with Crippen LogP contribution < -0.4 is 16.8 Å². The van der Waals surface area contributed by atoms with Crippen LogP contribution in [0.25, 0.3) is 0 Å². The minimum atomic E-state index is -0.239. The topological polar surface area (TPSA) is 110 Å². The predicted molar refractivity (Wildman–Crippen MR) is 88.3 cm³/mol. The van der Waals surface area contributed by atoms with Crippen LogP contribution in [-0.2, 0) is 0 Å². The van der Waals surface area contributed by atoms with Crippen molar-refractivity contribution >= 4 is 40.6 Å². The van der Waals surface area contributed by atoms with E-state index in [1.807, 2.05) is 0 Å². The number of aromatic nitrogens is 2. The lowest BCUT2D eigenvalue weighted by Crippen LogP contribution is -2.40. The maximum atomic E-state index is 9.43. The molecule has 0 radical (unpaired) electrons. The molecule has 0 amide bonds. The molecular formula is C13H20ClN5OS. The molecule has 1 aromatic heterocycles. The molecule has 0 saturated heterocycles. The van der Waals surface area contributed by atoms with Gasteiger partial charge >= 0.3 is 0 Å². The molecule has 0 aromatic carbocycles. The monoisotopic (exact) mass is 329 g/mol. The normalized spacial score (nSPS) is 28.6. The van der Waals surface area contributed by atoms with Gasteiger partial charge in [-0.1, -0.05) is 30.7 Å². The van der Waals surface area contributed by atoms with E-state index in [0.717, 1.165) is 12.8 Å². The molecule has 6 N–H and O–H groups in total. The third-order valence-corrected chi connectivity index (χ3v) is 4.99. The average Bonchev–Trinajstić information content (AvgIpc) is 2.64. The minimum Gasteiger partial charge on any atom is -0.396 e. The third-order valence-electron chi connectivity index (χ3n) is 4.51. The van der Waals surface area contributed by atoms with Gasteiger partial charge in [0.2, 0.25) is 5.95 Å². The van der Waals surface area contributed by atoms with Crippen molar-refractivity contribution in [3.63, 3.8) is 0 Å². The fourth-order valence-electron chi connectivity index (χ4n) is 2.94. The lowest BCUT2D eigenvalue weighted by Gasteiger charge is -2.33. The number of thiocarbonyl (C=S) groups is 1. The number of anilines is 2. The van der Waals surface area contributed by atoms with Crippen LogP contribution in [-0.4, -0.2) is 32.2 Å². The van der Waals surface area contributed by atoms with Gasteiger partial charge in [0.15, 0.2) is 0 Å². The maximum Gasteiger partial charge on any atom is 0.223 e. The second kappa shape index (κ2) is 5.90. The van der Waals surface area contributed by atoms with Crippen LogP contribution in [0.15, 0.2) is 0 Å². The summed E-state index contributed by atoms with van der Waals surface area (Å²) in [6, 6.07) is 0. The van der Waals surface area contributed by atoms with Gasteiger partial charge in [-0.2, -0.15) is 4.98 Å². The number of nitrogens with one attached hydrogen (secondary N) is 1. The van der Waals surface area contributed by atoms with Crippen molar-refractivity contribution in [1.29, 1.82) is 0 Å². The smallest absolute Gasteiger partial charge is 0.223 e. The van der Waals surface area contributed by atoms with Crippen molar-refractivity contribution in [3.8, 4) is 0 Å². The van der Waals surface area contributed by atoms with E-state index < -0.39 is 0 Å². The Bertz CT molecular complexity index is 570. The summed E-state index contributed by atoms with van der Waals surface area (Å²) in [6.07, 6.45) is 1.84. The van der Waals surface area contributed by atoms with E-state index in [2.05, 4.69) is 29.1 Å². The van der Waals surface area contributed by atoms with Crippen LogP contribution in [0.5, 0.6) is 0 Å². The molecule has 3 unspecified atom stereocenters. The summed E-state index contributed by atoms with van der Waals surface area (Å²) in [6.45, 7) is 4.36. The van der Waals surface area contributed by atoms with Crippen molar-refractivity contribution in [2.45, 2.75) is 32.2 Å². The zero-order chi connectivity index (χ0) is 15.8. The summed E-state index contributed by atoms with van der Waals surface area (Å²) in [5.74, 6) is 1.03. The maximum absolute atomic E-state index is 9.43. The molecule has 1 aromatic rings. The molecular weight excluding hydrogens is 310 g/mol. The van der Waals surface area contributed by atoms with E-state index in [9.17, 15) is 5.11 Å². The quantitative estimate of drug-likeness (QED) is 0.490. The fourth-order valence-corrected chi connectivity index (χ4v) is 3.47. The Morgan fingerprint density at radius 1 is 1.57 bits per heavy atom. The molecule has 2 rings (SSSR count). The number of aliphatic hydroxyl groups is 1. The molecule has 6 nitrogen and oxygen atoms in total. The van der Waals surface area contributed by atoms with E-state index in [1.54, 1.807) is 0 Å². The van der Waals surface area contributed by atoms with Crippen molar-refractivity contribution < 1.29 is 5.11 Å². The molecule has 1 heterocycles. The minimum absolute atomic E-state index is 0.0652. The Morgan fingerprint density at radius 3 is 2.76 bits per heavy atom. The first-order chi connectivity index (χ1) is 9.78. The molecule has 0 spiro atoms. The van der Waals surface area contributed by atoms with Gasteiger partial charge in [0.05, 0.1) is 5.56 Å². The highest BCUT2D eigenvalue weighted by atomic mass is 35.5. The third kappa shape index (κ3) is 3.04. The Balaban J connectivity index is 2.38. The first kappa shape index (κ1) is 16.2. The highest BCUT2D eigenvalue weighted by Crippen LogP contribution is 2.42. The summed E-state index contributed by atoms with van der Waals surface area (Å²) in [5.41, 5.74) is 11.5. The predicted octanol–water partition coefficient (Wildman–Crippen LogP) is 1.56. The number of nitrogen functional groups attached to an aromatic ring is 1. The summed E-state index contributed by atoms with van der Waals surface area (Å²) in [4.78, 5) is 8.20. The van der Waals surface area contributed by atoms with Crippen molar-refractivity contribution in [1.82, 2.24) is 9.97 Å². The number of hydrogen-bond donors (Lipinski definition) is 4.